The summed E-state index contributed by atoms with van der Waals surface area (Å²) in [5.74, 6) is 0. The van der Waals surface area contributed by atoms with Crippen molar-refractivity contribution in [2.45, 2.75) is 13.3 Å². The van der Waals surface area contributed by atoms with Crippen LogP contribution in [0, 0.1) is 0 Å². The quantitative estimate of drug-likeness (QED) is 0.453. The van der Waals surface area contributed by atoms with Crippen LogP contribution in [0.2, 0.25) is 0 Å². The molecule has 8 heavy (non-hydrogen) atoms. The van der Waals surface area contributed by atoms with Gasteiger partial charge in [-0.3, -0.25) is 0 Å². The molecule has 0 spiro atoms. The van der Waals surface area contributed by atoms with E-state index in [1.54, 1.807) is 0 Å². The van der Waals surface area contributed by atoms with Gasteiger partial charge < -0.3 is 15.9 Å². The summed E-state index contributed by atoms with van der Waals surface area (Å²) in [6, 6.07) is 0. The SMILES string of the molecule is CCCN.OCCO. The van der Waals surface area contributed by atoms with Gasteiger partial charge in [0.15, 0.2) is 0 Å². The predicted molar refractivity (Wildman–Crippen MR) is 33.5 cm³/mol. The lowest BCUT2D eigenvalue weighted by molar-refractivity contribution is 0.186. The van der Waals surface area contributed by atoms with E-state index in [0.717, 1.165) is 13.0 Å². The number of aliphatic hydroxyl groups is 2. The van der Waals surface area contributed by atoms with E-state index in [1.807, 2.05) is 0 Å². The van der Waals surface area contributed by atoms with Crippen LogP contribution in [0.1, 0.15) is 13.3 Å². The number of hydrogen-bond donors (Lipinski definition) is 3. The summed E-state index contributed by atoms with van der Waals surface area (Å²) in [7, 11) is 0. The Kier molecular flexibility index (Phi) is 21.3. The second kappa shape index (κ2) is 15.8. The molecule has 0 atom stereocenters. The van der Waals surface area contributed by atoms with Gasteiger partial charge in [-0.2, -0.15) is 0 Å². The van der Waals surface area contributed by atoms with E-state index in [2.05, 4.69) is 6.92 Å². The molecule has 0 amide bonds. The van der Waals surface area contributed by atoms with Gasteiger partial charge in [0.1, 0.15) is 0 Å². The van der Waals surface area contributed by atoms with Crippen LogP contribution in [-0.4, -0.2) is 30.0 Å². The molecule has 0 radical (unpaired) electrons. The molecule has 0 aliphatic carbocycles. The minimum absolute atomic E-state index is 0.125. The summed E-state index contributed by atoms with van der Waals surface area (Å²) in [5.41, 5.74) is 5.03. The molecule has 0 aliphatic heterocycles. The maximum absolute atomic E-state index is 7.62. The highest BCUT2D eigenvalue weighted by Crippen LogP contribution is 1.57. The fourth-order valence-corrected chi connectivity index (χ4v) is 0. The largest absolute Gasteiger partial charge is 0.394 e. The zero-order valence-corrected chi connectivity index (χ0v) is 5.30. The Morgan fingerprint density at radius 1 is 1.25 bits per heavy atom. The maximum Gasteiger partial charge on any atom is 0.0662 e. The average Bonchev–Trinajstić information content (AvgIpc) is 1.88. The molecule has 4 N–H and O–H groups in total. The van der Waals surface area contributed by atoms with E-state index >= 15 is 0 Å². The van der Waals surface area contributed by atoms with E-state index in [-0.39, 0.29) is 13.2 Å². The fraction of sp³-hybridized carbons (Fsp3) is 1.00. The number of aliphatic hydroxyl groups excluding tert-OH is 2. The Morgan fingerprint density at radius 2 is 1.50 bits per heavy atom. The summed E-state index contributed by atoms with van der Waals surface area (Å²) >= 11 is 0. The molecule has 0 aliphatic rings. The Hall–Kier alpha value is -0.120. The average molecular weight is 121 g/mol. The molecule has 0 unspecified atom stereocenters. The van der Waals surface area contributed by atoms with Gasteiger partial charge >= 0.3 is 0 Å². The Balaban J connectivity index is 0. The summed E-state index contributed by atoms with van der Waals surface area (Å²) in [4.78, 5) is 0. The lowest BCUT2D eigenvalue weighted by Crippen LogP contribution is -1.93. The second-order valence-corrected chi connectivity index (χ2v) is 1.24. The van der Waals surface area contributed by atoms with Gasteiger partial charge in [-0.15, -0.1) is 0 Å². The topological polar surface area (TPSA) is 66.5 Å². The molecular formula is C5H15NO2. The first-order chi connectivity index (χ1) is 3.83. The van der Waals surface area contributed by atoms with Gasteiger partial charge in [-0.25, -0.2) is 0 Å². The molecule has 0 saturated carbocycles. The minimum atomic E-state index is -0.125. The van der Waals surface area contributed by atoms with E-state index in [4.69, 9.17) is 15.9 Å². The third-order valence-corrected chi connectivity index (χ3v) is 0.389. The lowest BCUT2D eigenvalue weighted by Gasteiger charge is -1.70. The van der Waals surface area contributed by atoms with Gasteiger partial charge in [-0.1, -0.05) is 6.92 Å². The molecule has 0 bridgehead atoms. The number of nitrogens with two attached hydrogens (primary N) is 1. The van der Waals surface area contributed by atoms with E-state index in [9.17, 15) is 0 Å². The van der Waals surface area contributed by atoms with Crippen LogP contribution in [0.25, 0.3) is 0 Å². The first-order valence-electron chi connectivity index (χ1n) is 2.75. The van der Waals surface area contributed by atoms with Gasteiger partial charge in [0.25, 0.3) is 0 Å². The second-order valence-electron chi connectivity index (χ2n) is 1.24. The van der Waals surface area contributed by atoms with Gasteiger partial charge in [-0.05, 0) is 13.0 Å². The van der Waals surface area contributed by atoms with Crippen molar-refractivity contribution in [3.05, 3.63) is 0 Å². The fourth-order valence-electron chi connectivity index (χ4n) is 0. The first kappa shape index (κ1) is 10.8. The van der Waals surface area contributed by atoms with Crippen LogP contribution in [0.5, 0.6) is 0 Å². The molecule has 0 fully saturated rings. The smallest absolute Gasteiger partial charge is 0.0662 e. The highest BCUT2D eigenvalue weighted by Gasteiger charge is 1.58. The zero-order chi connectivity index (χ0) is 6.83. The van der Waals surface area contributed by atoms with Crippen LogP contribution >= 0.6 is 0 Å². The van der Waals surface area contributed by atoms with Crippen LogP contribution in [0.3, 0.4) is 0 Å². The van der Waals surface area contributed by atoms with Crippen LogP contribution in [0.15, 0.2) is 0 Å². The lowest BCUT2D eigenvalue weighted by atomic mass is 10.5. The Bertz CT molecular complexity index is 18.4. The Labute approximate surface area is 50.1 Å². The number of hydrogen-bond acceptors (Lipinski definition) is 3. The predicted octanol–water partition coefficient (Wildman–Crippen LogP) is -0.674. The van der Waals surface area contributed by atoms with E-state index in [0.29, 0.717) is 0 Å². The zero-order valence-electron chi connectivity index (χ0n) is 5.30. The van der Waals surface area contributed by atoms with Crippen LogP contribution in [-0.2, 0) is 0 Å². The van der Waals surface area contributed by atoms with Crippen molar-refractivity contribution in [3.8, 4) is 0 Å². The molecule has 52 valence electrons. The molecule has 0 heterocycles. The Morgan fingerprint density at radius 3 is 1.50 bits per heavy atom. The van der Waals surface area contributed by atoms with Crippen molar-refractivity contribution in [1.82, 2.24) is 0 Å². The van der Waals surface area contributed by atoms with Gasteiger partial charge in [0, 0.05) is 0 Å². The first-order valence-corrected chi connectivity index (χ1v) is 2.75. The maximum atomic E-state index is 7.62. The third-order valence-electron chi connectivity index (χ3n) is 0.389. The summed E-state index contributed by atoms with van der Waals surface area (Å²) < 4.78 is 0. The van der Waals surface area contributed by atoms with Crippen molar-refractivity contribution >= 4 is 0 Å². The molecule has 3 heteroatoms. The van der Waals surface area contributed by atoms with Crippen molar-refractivity contribution < 1.29 is 10.2 Å². The van der Waals surface area contributed by atoms with Crippen LogP contribution in [0.4, 0.5) is 0 Å². The molecule has 0 rings (SSSR count). The summed E-state index contributed by atoms with van der Waals surface area (Å²) in [6.45, 7) is 2.62. The molecular weight excluding hydrogens is 106 g/mol. The summed E-state index contributed by atoms with van der Waals surface area (Å²) in [5, 5.41) is 15.2. The molecule has 0 saturated heterocycles. The minimum Gasteiger partial charge on any atom is -0.394 e. The van der Waals surface area contributed by atoms with Crippen molar-refractivity contribution in [2.24, 2.45) is 5.73 Å². The summed E-state index contributed by atoms with van der Waals surface area (Å²) in [6.07, 6.45) is 1.10. The highest BCUT2D eigenvalue weighted by atomic mass is 16.3. The van der Waals surface area contributed by atoms with Gasteiger partial charge in [0.05, 0.1) is 13.2 Å². The van der Waals surface area contributed by atoms with Crippen molar-refractivity contribution in [3.63, 3.8) is 0 Å². The van der Waals surface area contributed by atoms with E-state index in [1.165, 1.54) is 0 Å². The monoisotopic (exact) mass is 121 g/mol. The standard InChI is InChI=1S/C3H9N.C2H6O2/c1-2-3-4;3-1-2-4/h2-4H2,1H3;3-4H,1-2H2. The highest BCUT2D eigenvalue weighted by molar-refractivity contribution is 4.19. The molecule has 0 aromatic rings. The number of rotatable bonds is 2. The molecule has 0 aromatic carbocycles. The van der Waals surface area contributed by atoms with Crippen molar-refractivity contribution in [1.29, 1.82) is 0 Å². The normalized spacial score (nSPS) is 7.50. The van der Waals surface area contributed by atoms with Gasteiger partial charge in [0.2, 0.25) is 0 Å². The third kappa shape index (κ3) is 39.6. The van der Waals surface area contributed by atoms with E-state index < -0.39 is 0 Å². The molecule has 0 aromatic heterocycles. The van der Waals surface area contributed by atoms with Crippen LogP contribution < -0.4 is 5.73 Å². The molecule has 3 nitrogen and oxygen atoms in total. The van der Waals surface area contributed by atoms with Crippen molar-refractivity contribution in [2.75, 3.05) is 19.8 Å².